The van der Waals surface area contributed by atoms with E-state index in [1.165, 1.54) is 18.4 Å². The SMILES string of the molecule is CC(Oc1cccc(C(C)C)c1)C(=O)NCC1CCCNC1.Cl. The Kier molecular flexibility index (Phi) is 8.42. The maximum atomic E-state index is 12.2. The van der Waals surface area contributed by atoms with Crippen LogP contribution in [0.1, 0.15) is 45.1 Å². The first-order chi connectivity index (χ1) is 10.6. The average molecular weight is 341 g/mol. The highest BCUT2D eigenvalue weighted by atomic mass is 35.5. The highest BCUT2D eigenvalue weighted by Gasteiger charge is 2.18. The molecule has 0 bridgehead atoms. The zero-order valence-corrected chi connectivity index (χ0v) is 15.1. The Balaban J connectivity index is 0.00000264. The highest BCUT2D eigenvalue weighted by molar-refractivity contribution is 5.85. The minimum absolute atomic E-state index is 0. The normalized spacial score (nSPS) is 18.9. The third kappa shape index (κ3) is 6.40. The van der Waals surface area contributed by atoms with Gasteiger partial charge in [0.15, 0.2) is 6.10 Å². The smallest absolute Gasteiger partial charge is 0.260 e. The minimum atomic E-state index is -0.473. The van der Waals surface area contributed by atoms with Crippen molar-refractivity contribution >= 4 is 18.3 Å². The van der Waals surface area contributed by atoms with Crippen LogP contribution in [0.3, 0.4) is 0 Å². The van der Waals surface area contributed by atoms with Gasteiger partial charge in [-0.15, -0.1) is 12.4 Å². The summed E-state index contributed by atoms with van der Waals surface area (Å²) in [5.74, 6) is 1.70. The second-order valence-electron chi connectivity index (χ2n) is 6.44. The summed E-state index contributed by atoms with van der Waals surface area (Å²) in [4.78, 5) is 12.2. The van der Waals surface area contributed by atoms with Crippen LogP contribution in [0.15, 0.2) is 24.3 Å². The van der Waals surface area contributed by atoms with E-state index < -0.39 is 6.10 Å². The molecule has 1 fully saturated rings. The van der Waals surface area contributed by atoms with Crippen molar-refractivity contribution in [3.05, 3.63) is 29.8 Å². The predicted molar refractivity (Wildman–Crippen MR) is 96.5 cm³/mol. The molecule has 2 atom stereocenters. The van der Waals surface area contributed by atoms with Gasteiger partial charge in [-0.1, -0.05) is 26.0 Å². The standard InChI is InChI=1S/C18H28N2O2.ClH/c1-13(2)16-7-4-8-17(10-16)22-14(3)18(21)20-12-15-6-5-9-19-11-15;/h4,7-8,10,13-15,19H,5-6,9,11-12H2,1-3H3,(H,20,21);1H. The number of benzene rings is 1. The molecule has 1 heterocycles. The van der Waals surface area contributed by atoms with Crippen molar-refractivity contribution < 1.29 is 9.53 Å². The molecule has 1 aromatic rings. The molecule has 1 aromatic carbocycles. The molecular formula is C18H29ClN2O2. The molecular weight excluding hydrogens is 312 g/mol. The van der Waals surface area contributed by atoms with E-state index in [0.29, 0.717) is 11.8 Å². The van der Waals surface area contributed by atoms with Gasteiger partial charge in [0.05, 0.1) is 0 Å². The van der Waals surface area contributed by atoms with Crippen molar-refractivity contribution in [2.75, 3.05) is 19.6 Å². The summed E-state index contributed by atoms with van der Waals surface area (Å²) in [6, 6.07) is 7.97. The van der Waals surface area contributed by atoms with Gasteiger partial charge in [-0.3, -0.25) is 4.79 Å². The van der Waals surface area contributed by atoms with Crippen LogP contribution in [0.25, 0.3) is 0 Å². The van der Waals surface area contributed by atoms with Gasteiger partial charge in [0.1, 0.15) is 5.75 Å². The van der Waals surface area contributed by atoms with E-state index in [0.717, 1.165) is 25.4 Å². The number of piperidine rings is 1. The zero-order chi connectivity index (χ0) is 15.9. The summed E-state index contributed by atoms with van der Waals surface area (Å²) in [6.45, 7) is 8.91. The van der Waals surface area contributed by atoms with Crippen molar-refractivity contribution in [1.82, 2.24) is 10.6 Å². The molecule has 23 heavy (non-hydrogen) atoms. The second kappa shape index (κ2) is 9.78. The van der Waals surface area contributed by atoms with Crippen molar-refractivity contribution in [2.24, 2.45) is 5.92 Å². The molecule has 2 N–H and O–H groups in total. The number of hydrogen-bond donors (Lipinski definition) is 2. The molecule has 1 amide bonds. The fraction of sp³-hybridized carbons (Fsp3) is 0.611. The first-order valence-corrected chi connectivity index (χ1v) is 8.31. The summed E-state index contributed by atoms with van der Waals surface area (Å²) < 4.78 is 5.78. The lowest BCUT2D eigenvalue weighted by Crippen LogP contribution is -2.42. The Hall–Kier alpha value is -1.26. The zero-order valence-electron chi connectivity index (χ0n) is 14.3. The Morgan fingerprint density at radius 3 is 2.83 bits per heavy atom. The molecule has 130 valence electrons. The monoisotopic (exact) mass is 340 g/mol. The fourth-order valence-corrected chi connectivity index (χ4v) is 2.69. The van der Waals surface area contributed by atoms with Crippen molar-refractivity contribution in [3.8, 4) is 5.75 Å². The molecule has 2 rings (SSSR count). The highest BCUT2D eigenvalue weighted by Crippen LogP contribution is 2.21. The van der Waals surface area contributed by atoms with Crippen LogP contribution in [0.2, 0.25) is 0 Å². The lowest BCUT2D eigenvalue weighted by Gasteiger charge is -2.24. The Morgan fingerprint density at radius 2 is 2.17 bits per heavy atom. The van der Waals surface area contributed by atoms with Gasteiger partial charge in [0.25, 0.3) is 5.91 Å². The lowest BCUT2D eigenvalue weighted by atomic mass is 10.00. The molecule has 1 aliphatic heterocycles. The van der Waals surface area contributed by atoms with E-state index in [1.54, 1.807) is 6.92 Å². The topological polar surface area (TPSA) is 50.4 Å². The van der Waals surface area contributed by atoms with Gasteiger partial charge in [-0.25, -0.2) is 0 Å². The molecule has 1 saturated heterocycles. The number of halogens is 1. The molecule has 0 saturated carbocycles. The van der Waals surface area contributed by atoms with Gasteiger partial charge >= 0.3 is 0 Å². The van der Waals surface area contributed by atoms with Crippen LogP contribution < -0.4 is 15.4 Å². The van der Waals surface area contributed by atoms with Crippen LogP contribution in [0.4, 0.5) is 0 Å². The maximum absolute atomic E-state index is 12.2. The maximum Gasteiger partial charge on any atom is 0.260 e. The number of amides is 1. The number of hydrogen-bond acceptors (Lipinski definition) is 3. The Morgan fingerprint density at radius 1 is 1.39 bits per heavy atom. The molecule has 0 aromatic heterocycles. The molecule has 0 radical (unpaired) electrons. The predicted octanol–water partition coefficient (Wildman–Crippen LogP) is 3.11. The van der Waals surface area contributed by atoms with E-state index in [-0.39, 0.29) is 18.3 Å². The van der Waals surface area contributed by atoms with E-state index in [1.807, 2.05) is 18.2 Å². The van der Waals surface area contributed by atoms with Crippen LogP contribution >= 0.6 is 12.4 Å². The Labute approximate surface area is 145 Å². The van der Waals surface area contributed by atoms with Gasteiger partial charge in [0, 0.05) is 6.54 Å². The van der Waals surface area contributed by atoms with Crippen LogP contribution in [0.5, 0.6) is 5.75 Å². The Bertz CT molecular complexity index is 488. The third-order valence-corrected chi connectivity index (χ3v) is 4.17. The van der Waals surface area contributed by atoms with Gasteiger partial charge in [-0.2, -0.15) is 0 Å². The second-order valence-corrected chi connectivity index (χ2v) is 6.44. The number of ether oxygens (including phenoxy) is 1. The molecule has 4 nitrogen and oxygen atoms in total. The number of nitrogens with one attached hydrogen (secondary N) is 2. The van der Waals surface area contributed by atoms with Crippen LogP contribution in [0, 0.1) is 5.92 Å². The van der Waals surface area contributed by atoms with Gasteiger partial charge in [-0.05, 0) is 62.4 Å². The molecule has 5 heteroatoms. The molecule has 0 aliphatic carbocycles. The average Bonchev–Trinajstić information content (AvgIpc) is 2.53. The van der Waals surface area contributed by atoms with E-state index >= 15 is 0 Å². The fourth-order valence-electron chi connectivity index (χ4n) is 2.69. The van der Waals surface area contributed by atoms with E-state index in [4.69, 9.17) is 4.74 Å². The first kappa shape index (κ1) is 19.8. The van der Waals surface area contributed by atoms with Crippen molar-refractivity contribution in [3.63, 3.8) is 0 Å². The van der Waals surface area contributed by atoms with Crippen molar-refractivity contribution in [2.45, 2.75) is 45.6 Å². The molecule has 1 aliphatic rings. The van der Waals surface area contributed by atoms with Gasteiger partial charge in [0.2, 0.25) is 0 Å². The summed E-state index contributed by atoms with van der Waals surface area (Å²) in [7, 11) is 0. The summed E-state index contributed by atoms with van der Waals surface area (Å²) in [5, 5.41) is 6.37. The number of carbonyl (C=O) groups excluding carboxylic acids is 1. The van der Waals surface area contributed by atoms with Gasteiger partial charge < -0.3 is 15.4 Å². The lowest BCUT2D eigenvalue weighted by molar-refractivity contribution is -0.127. The van der Waals surface area contributed by atoms with Crippen LogP contribution in [-0.2, 0) is 4.79 Å². The molecule has 2 unspecified atom stereocenters. The largest absolute Gasteiger partial charge is 0.481 e. The van der Waals surface area contributed by atoms with Crippen molar-refractivity contribution in [1.29, 1.82) is 0 Å². The van der Waals surface area contributed by atoms with E-state index in [9.17, 15) is 4.79 Å². The molecule has 0 spiro atoms. The summed E-state index contributed by atoms with van der Waals surface area (Å²) >= 11 is 0. The minimum Gasteiger partial charge on any atom is -0.481 e. The first-order valence-electron chi connectivity index (χ1n) is 8.31. The summed E-state index contributed by atoms with van der Waals surface area (Å²) in [6.07, 6.45) is 1.90. The summed E-state index contributed by atoms with van der Waals surface area (Å²) in [5.41, 5.74) is 1.22. The quantitative estimate of drug-likeness (QED) is 0.836. The van der Waals surface area contributed by atoms with Crippen LogP contribution in [-0.4, -0.2) is 31.6 Å². The van der Waals surface area contributed by atoms with E-state index in [2.05, 4.69) is 30.5 Å². The number of carbonyl (C=O) groups is 1. The number of rotatable bonds is 6. The third-order valence-electron chi connectivity index (χ3n) is 4.17.